The minimum absolute atomic E-state index is 0.566. The van der Waals surface area contributed by atoms with E-state index in [0.29, 0.717) is 0 Å². The second-order valence-electron chi connectivity index (χ2n) is 1.48. The molecule has 0 aliphatic carbocycles. The molecule has 1 radical (unpaired) electrons. The van der Waals surface area contributed by atoms with E-state index in [-0.39, 0.29) is 0 Å². The fraction of sp³-hybridized carbons (Fsp3) is 1.00. The van der Waals surface area contributed by atoms with Crippen LogP contribution in [0.15, 0.2) is 0 Å². The van der Waals surface area contributed by atoms with Gasteiger partial charge >= 0.3 is 0 Å². The van der Waals surface area contributed by atoms with E-state index in [9.17, 15) is 5.11 Å². The van der Waals surface area contributed by atoms with Crippen LogP contribution >= 0.6 is 0 Å². The molecule has 3 N–H and O–H groups in total. The third-order valence-corrected chi connectivity index (χ3v) is 0.802. The summed E-state index contributed by atoms with van der Waals surface area (Å²) in [5.41, 5.74) is 0. The molecule has 4 heteroatoms. The third-order valence-electron chi connectivity index (χ3n) is 0.802. The highest BCUT2D eigenvalue weighted by atomic mass is 16.4. The van der Waals surface area contributed by atoms with E-state index in [0.717, 1.165) is 0 Å². The van der Waals surface area contributed by atoms with Crippen molar-refractivity contribution in [1.82, 2.24) is 0 Å². The van der Waals surface area contributed by atoms with Crippen molar-refractivity contribution < 1.29 is 20.4 Å². The van der Waals surface area contributed by atoms with E-state index in [1.807, 2.05) is 0 Å². The Hall–Kier alpha value is -0.160. The van der Waals surface area contributed by atoms with Crippen LogP contribution in [0.3, 0.4) is 0 Å². The fourth-order valence-corrected chi connectivity index (χ4v) is 0.233. The van der Waals surface area contributed by atoms with Crippen molar-refractivity contribution in [2.45, 2.75) is 12.2 Å². The first-order valence-corrected chi connectivity index (χ1v) is 2.27. The number of rotatable bonds is 3. The molecule has 0 saturated carbocycles. The van der Waals surface area contributed by atoms with Gasteiger partial charge in [-0.3, -0.25) is 0 Å². The molecule has 0 amide bonds. The largest absolute Gasteiger partial charge is 0.394 e. The van der Waals surface area contributed by atoms with E-state index >= 15 is 0 Å². The molecular weight excluding hydrogens is 112 g/mol. The Morgan fingerprint density at radius 3 is 1.88 bits per heavy atom. The lowest BCUT2D eigenvalue weighted by Gasteiger charge is -2.09. The number of hydrogen-bond acceptors (Lipinski definition) is 3. The standard InChI is InChI=1S/C4H9O4/c5-1-3(7)4(8)2-6/h3-5,7-8H,1-2H2. The molecule has 0 rings (SSSR count). The molecule has 0 saturated heterocycles. The van der Waals surface area contributed by atoms with Gasteiger partial charge in [0, 0.05) is 0 Å². The average Bonchev–Trinajstić information content (AvgIpc) is 1.84. The molecule has 2 atom stereocenters. The summed E-state index contributed by atoms with van der Waals surface area (Å²) < 4.78 is 0. The predicted octanol–water partition coefficient (Wildman–Crippen LogP) is -1.87. The van der Waals surface area contributed by atoms with E-state index in [4.69, 9.17) is 15.3 Å². The van der Waals surface area contributed by atoms with E-state index < -0.39 is 25.4 Å². The van der Waals surface area contributed by atoms with E-state index in [1.165, 1.54) is 0 Å². The maximum absolute atomic E-state index is 9.71. The summed E-state index contributed by atoms with van der Waals surface area (Å²) in [7, 11) is 0. The Labute approximate surface area is 47.0 Å². The van der Waals surface area contributed by atoms with Crippen LogP contribution in [0.5, 0.6) is 0 Å². The maximum Gasteiger partial charge on any atom is 0.111 e. The SMILES string of the molecule is [O]CC(O)C(O)CO. The van der Waals surface area contributed by atoms with Gasteiger partial charge in [0.25, 0.3) is 0 Å². The van der Waals surface area contributed by atoms with Crippen LogP contribution in [0, 0.1) is 0 Å². The molecule has 4 nitrogen and oxygen atoms in total. The van der Waals surface area contributed by atoms with Gasteiger partial charge in [0.2, 0.25) is 0 Å². The molecule has 0 spiro atoms. The van der Waals surface area contributed by atoms with Gasteiger partial charge in [-0.1, -0.05) is 0 Å². The fourth-order valence-electron chi connectivity index (χ4n) is 0.233. The number of aliphatic hydroxyl groups is 3. The molecule has 0 fully saturated rings. The van der Waals surface area contributed by atoms with Crippen LogP contribution in [0.25, 0.3) is 0 Å². The Kier molecular flexibility index (Phi) is 3.72. The molecule has 0 bridgehead atoms. The average molecular weight is 121 g/mol. The monoisotopic (exact) mass is 121 g/mol. The van der Waals surface area contributed by atoms with Crippen LogP contribution in [0.2, 0.25) is 0 Å². The third kappa shape index (κ3) is 2.23. The second-order valence-corrected chi connectivity index (χ2v) is 1.48. The van der Waals surface area contributed by atoms with Gasteiger partial charge in [0.15, 0.2) is 0 Å². The van der Waals surface area contributed by atoms with Crippen molar-refractivity contribution in [2.75, 3.05) is 13.2 Å². The van der Waals surface area contributed by atoms with Crippen LogP contribution in [0.1, 0.15) is 0 Å². The smallest absolute Gasteiger partial charge is 0.111 e. The normalized spacial score (nSPS) is 18.0. The minimum Gasteiger partial charge on any atom is -0.394 e. The molecule has 0 aromatic carbocycles. The molecule has 0 aromatic heterocycles. The van der Waals surface area contributed by atoms with E-state index in [2.05, 4.69) is 0 Å². The summed E-state index contributed by atoms with van der Waals surface area (Å²) in [5.74, 6) is 0. The van der Waals surface area contributed by atoms with Crippen molar-refractivity contribution >= 4 is 0 Å². The highest BCUT2D eigenvalue weighted by Crippen LogP contribution is 1.88. The maximum atomic E-state index is 9.71. The van der Waals surface area contributed by atoms with Gasteiger partial charge in [0.1, 0.15) is 18.8 Å². The van der Waals surface area contributed by atoms with Crippen molar-refractivity contribution in [1.29, 1.82) is 0 Å². The Bertz CT molecular complexity index is 48.0. The summed E-state index contributed by atoms with van der Waals surface area (Å²) in [6.07, 6.45) is -2.62. The van der Waals surface area contributed by atoms with Gasteiger partial charge in [-0.2, -0.15) is 0 Å². The molecule has 8 heavy (non-hydrogen) atoms. The van der Waals surface area contributed by atoms with Crippen LogP contribution < -0.4 is 0 Å². The molecule has 2 unspecified atom stereocenters. The summed E-state index contributed by atoms with van der Waals surface area (Å²) in [5, 5.41) is 34.6. The van der Waals surface area contributed by atoms with Crippen molar-refractivity contribution in [3.63, 3.8) is 0 Å². The lowest BCUT2D eigenvalue weighted by Crippen LogP contribution is -2.31. The summed E-state index contributed by atoms with van der Waals surface area (Å²) >= 11 is 0. The zero-order chi connectivity index (χ0) is 6.57. The van der Waals surface area contributed by atoms with Gasteiger partial charge in [-0.05, 0) is 0 Å². The molecule has 0 aromatic rings. The molecule has 0 aliphatic heterocycles. The van der Waals surface area contributed by atoms with Crippen molar-refractivity contribution in [2.24, 2.45) is 0 Å². The summed E-state index contributed by atoms with van der Waals surface area (Å²) in [4.78, 5) is 0. The number of hydrogen-bond donors (Lipinski definition) is 3. The lowest BCUT2D eigenvalue weighted by atomic mass is 10.2. The Morgan fingerprint density at radius 2 is 1.75 bits per heavy atom. The highest BCUT2D eigenvalue weighted by Gasteiger charge is 2.13. The highest BCUT2D eigenvalue weighted by molar-refractivity contribution is 4.62. The second kappa shape index (κ2) is 3.80. The Balaban J connectivity index is 3.29. The van der Waals surface area contributed by atoms with Crippen LogP contribution in [-0.4, -0.2) is 40.7 Å². The topological polar surface area (TPSA) is 80.6 Å². The Morgan fingerprint density at radius 1 is 1.25 bits per heavy atom. The number of aliphatic hydroxyl groups excluding tert-OH is 3. The first kappa shape index (κ1) is 7.84. The zero-order valence-corrected chi connectivity index (χ0v) is 4.32. The van der Waals surface area contributed by atoms with Crippen LogP contribution in [-0.2, 0) is 5.11 Å². The van der Waals surface area contributed by atoms with Gasteiger partial charge in [-0.25, -0.2) is 5.11 Å². The van der Waals surface area contributed by atoms with Gasteiger partial charge in [-0.15, -0.1) is 0 Å². The lowest BCUT2D eigenvalue weighted by molar-refractivity contribution is -0.0528. The predicted molar refractivity (Wildman–Crippen MR) is 24.7 cm³/mol. The molecular formula is C4H9O4. The molecule has 0 heterocycles. The molecule has 49 valence electrons. The van der Waals surface area contributed by atoms with Gasteiger partial charge in [0.05, 0.1) is 6.61 Å². The summed E-state index contributed by atoms with van der Waals surface area (Å²) in [6.45, 7) is -1.34. The minimum atomic E-state index is -1.33. The van der Waals surface area contributed by atoms with Crippen molar-refractivity contribution in [3.05, 3.63) is 0 Å². The van der Waals surface area contributed by atoms with Crippen molar-refractivity contribution in [3.8, 4) is 0 Å². The zero-order valence-electron chi connectivity index (χ0n) is 4.32. The quantitative estimate of drug-likeness (QED) is 0.409. The summed E-state index contributed by atoms with van der Waals surface area (Å²) in [6, 6.07) is 0. The first-order chi connectivity index (χ1) is 3.72. The first-order valence-electron chi connectivity index (χ1n) is 2.27. The molecule has 0 aliphatic rings. The van der Waals surface area contributed by atoms with Crippen LogP contribution in [0.4, 0.5) is 0 Å². The van der Waals surface area contributed by atoms with Gasteiger partial charge < -0.3 is 15.3 Å². The van der Waals surface area contributed by atoms with E-state index in [1.54, 1.807) is 0 Å².